The number of hydrogen-bond acceptors (Lipinski definition) is 4. The average molecular weight is 280 g/mol. The van der Waals surface area contributed by atoms with Gasteiger partial charge in [-0.15, -0.1) is 0 Å². The van der Waals surface area contributed by atoms with E-state index in [2.05, 4.69) is 4.72 Å². The van der Waals surface area contributed by atoms with Gasteiger partial charge in [-0.25, -0.2) is 21.9 Å². The summed E-state index contributed by atoms with van der Waals surface area (Å²) < 4.78 is 56.3. The van der Waals surface area contributed by atoms with E-state index in [1.165, 1.54) is 7.11 Å². The molecule has 8 heteroatoms. The molecule has 0 aliphatic carbocycles. The molecule has 0 aromatic heterocycles. The Hall–Kier alpha value is -1.09. The van der Waals surface area contributed by atoms with Crippen molar-refractivity contribution in [2.75, 3.05) is 20.3 Å². The summed E-state index contributed by atoms with van der Waals surface area (Å²) in [6.45, 7) is 0.107. The van der Waals surface area contributed by atoms with E-state index < -0.39 is 27.7 Å². The Balaban J connectivity index is 2.95. The maximum absolute atomic E-state index is 13.0. The average Bonchev–Trinajstić information content (AvgIpc) is 2.31. The van der Waals surface area contributed by atoms with Crippen LogP contribution in [0.2, 0.25) is 0 Å². The topological polar surface area (TPSA) is 81.4 Å². The molecule has 1 aromatic carbocycles. The Kier molecular flexibility index (Phi) is 5.15. The molecule has 0 radical (unpaired) electrons. The summed E-state index contributed by atoms with van der Waals surface area (Å²) in [4.78, 5) is -0.365. The van der Waals surface area contributed by atoms with Crippen molar-refractivity contribution in [2.45, 2.75) is 10.9 Å². The third kappa shape index (κ3) is 3.70. The monoisotopic (exact) mass is 280 g/mol. The maximum Gasteiger partial charge on any atom is 0.241 e. The molecule has 0 aliphatic rings. The number of hydrogen-bond donors (Lipinski definition) is 2. The van der Waals surface area contributed by atoms with Gasteiger partial charge in [0.05, 0.1) is 17.5 Å². The molecule has 1 rings (SSSR count). The van der Waals surface area contributed by atoms with Gasteiger partial charge in [0, 0.05) is 13.7 Å². The molecule has 0 bridgehead atoms. The minimum absolute atomic E-state index is 0.0246. The van der Waals surface area contributed by atoms with E-state index in [4.69, 9.17) is 10.5 Å². The van der Waals surface area contributed by atoms with Crippen molar-refractivity contribution in [1.82, 2.24) is 4.72 Å². The standard InChI is InChI=1S/C10H14F2N2O3S/c1-17-6-7(5-13)14-18(15,16)8-2-3-9(11)10(12)4-8/h2-4,7,14H,5-6,13H2,1H3. The van der Waals surface area contributed by atoms with Crippen LogP contribution in [0.25, 0.3) is 0 Å². The zero-order valence-electron chi connectivity index (χ0n) is 9.69. The van der Waals surface area contributed by atoms with E-state index in [1.54, 1.807) is 0 Å². The molecule has 0 amide bonds. The lowest BCUT2D eigenvalue weighted by Gasteiger charge is -2.15. The van der Waals surface area contributed by atoms with Gasteiger partial charge in [0.1, 0.15) is 0 Å². The predicted molar refractivity (Wildman–Crippen MR) is 61.4 cm³/mol. The van der Waals surface area contributed by atoms with Gasteiger partial charge in [-0.1, -0.05) is 0 Å². The Bertz CT molecular complexity index is 508. The van der Waals surface area contributed by atoms with Crippen molar-refractivity contribution in [1.29, 1.82) is 0 Å². The second-order valence-electron chi connectivity index (χ2n) is 3.59. The fraction of sp³-hybridized carbons (Fsp3) is 0.400. The first-order valence-corrected chi connectivity index (χ1v) is 6.55. The molecule has 0 saturated carbocycles. The van der Waals surface area contributed by atoms with Crippen LogP contribution in [-0.2, 0) is 14.8 Å². The van der Waals surface area contributed by atoms with E-state index in [0.29, 0.717) is 6.07 Å². The molecule has 0 aliphatic heterocycles. The number of nitrogens with one attached hydrogen (secondary N) is 1. The maximum atomic E-state index is 13.0. The number of nitrogens with two attached hydrogens (primary N) is 1. The van der Waals surface area contributed by atoms with Crippen molar-refractivity contribution in [3.63, 3.8) is 0 Å². The van der Waals surface area contributed by atoms with Crippen LogP contribution in [0, 0.1) is 11.6 Å². The van der Waals surface area contributed by atoms with Gasteiger partial charge in [0.15, 0.2) is 11.6 Å². The van der Waals surface area contributed by atoms with Crippen LogP contribution in [0.3, 0.4) is 0 Å². The summed E-state index contributed by atoms with van der Waals surface area (Å²) in [5.74, 6) is -2.34. The molecule has 1 aromatic rings. The fourth-order valence-corrected chi connectivity index (χ4v) is 2.53. The van der Waals surface area contributed by atoms with Crippen LogP contribution in [0.5, 0.6) is 0 Å². The van der Waals surface area contributed by atoms with E-state index in [9.17, 15) is 17.2 Å². The van der Waals surface area contributed by atoms with Gasteiger partial charge in [-0.3, -0.25) is 0 Å². The smallest absolute Gasteiger partial charge is 0.241 e. The Morgan fingerprint density at radius 2 is 2.06 bits per heavy atom. The molecule has 0 heterocycles. The molecule has 5 nitrogen and oxygen atoms in total. The number of ether oxygens (including phenoxy) is 1. The van der Waals surface area contributed by atoms with Gasteiger partial charge < -0.3 is 10.5 Å². The highest BCUT2D eigenvalue weighted by Gasteiger charge is 2.20. The second-order valence-corrected chi connectivity index (χ2v) is 5.30. The van der Waals surface area contributed by atoms with Crippen LogP contribution < -0.4 is 10.5 Å². The van der Waals surface area contributed by atoms with Crippen LogP contribution >= 0.6 is 0 Å². The highest BCUT2D eigenvalue weighted by molar-refractivity contribution is 7.89. The lowest BCUT2D eigenvalue weighted by molar-refractivity contribution is 0.177. The second kappa shape index (κ2) is 6.19. The molecule has 0 saturated heterocycles. The Morgan fingerprint density at radius 3 is 2.56 bits per heavy atom. The summed E-state index contributed by atoms with van der Waals surface area (Å²) in [5.41, 5.74) is 5.36. The van der Waals surface area contributed by atoms with E-state index in [-0.39, 0.29) is 18.0 Å². The predicted octanol–water partition coefficient (Wildman–Crippen LogP) is 0.217. The van der Waals surface area contributed by atoms with Crippen LogP contribution in [-0.4, -0.2) is 34.7 Å². The number of benzene rings is 1. The third-order valence-electron chi connectivity index (χ3n) is 2.18. The molecule has 102 valence electrons. The number of rotatable bonds is 6. The third-order valence-corrected chi connectivity index (χ3v) is 3.69. The van der Waals surface area contributed by atoms with Crippen molar-refractivity contribution in [3.05, 3.63) is 29.8 Å². The van der Waals surface area contributed by atoms with Crippen LogP contribution in [0.4, 0.5) is 8.78 Å². The van der Waals surface area contributed by atoms with Crippen LogP contribution in [0.15, 0.2) is 23.1 Å². The first-order chi connectivity index (χ1) is 8.40. The molecule has 1 unspecified atom stereocenters. The summed E-state index contributed by atoms with van der Waals surface area (Å²) in [7, 11) is -2.55. The zero-order valence-corrected chi connectivity index (χ0v) is 10.5. The lowest BCUT2D eigenvalue weighted by Crippen LogP contribution is -2.43. The fourth-order valence-electron chi connectivity index (χ4n) is 1.28. The SMILES string of the molecule is COCC(CN)NS(=O)(=O)c1ccc(F)c(F)c1. The number of halogens is 2. The molecular formula is C10H14F2N2O3S. The Morgan fingerprint density at radius 1 is 1.39 bits per heavy atom. The largest absolute Gasteiger partial charge is 0.383 e. The molecule has 0 spiro atoms. The highest BCUT2D eigenvalue weighted by Crippen LogP contribution is 2.13. The molecular weight excluding hydrogens is 266 g/mol. The van der Waals surface area contributed by atoms with Crippen molar-refractivity contribution < 1.29 is 21.9 Å². The Labute approximate surface area is 104 Å². The summed E-state index contributed by atoms with van der Waals surface area (Å²) in [6.07, 6.45) is 0. The highest BCUT2D eigenvalue weighted by atomic mass is 32.2. The van der Waals surface area contributed by atoms with E-state index in [1.807, 2.05) is 0 Å². The zero-order chi connectivity index (χ0) is 13.8. The molecule has 3 N–H and O–H groups in total. The lowest BCUT2D eigenvalue weighted by atomic mass is 10.3. The summed E-state index contributed by atoms with van der Waals surface area (Å²) >= 11 is 0. The van der Waals surface area contributed by atoms with E-state index in [0.717, 1.165) is 12.1 Å². The number of sulfonamides is 1. The molecule has 18 heavy (non-hydrogen) atoms. The minimum Gasteiger partial charge on any atom is -0.383 e. The normalized spacial score (nSPS) is 13.6. The van der Waals surface area contributed by atoms with E-state index >= 15 is 0 Å². The van der Waals surface area contributed by atoms with Gasteiger partial charge in [0.25, 0.3) is 0 Å². The summed E-state index contributed by atoms with van der Waals surface area (Å²) in [5, 5.41) is 0. The molecule has 0 fully saturated rings. The quantitative estimate of drug-likeness (QED) is 0.781. The first-order valence-electron chi connectivity index (χ1n) is 5.07. The van der Waals surface area contributed by atoms with Gasteiger partial charge in [-0.05, 0) is 18.2 Å². The minimum atomic E-state index is -3.95. The molecule has 1 atom stereocenters. The van der Waals surface area contributed by atoms with Gasteiger partial charge in [0.2, 0.25) is 10.0 Å². The first kappa shape index (κ1) is 15.0. The van der Waals surface area contributed by atoms with Crippen molar-refractivity contribution >= 4 is 10.0 Å². The van der Waals surface area contributed by atoms with Crippen LogP contribution in [0.1, 0.15) is 0 Å². The number of methoxy groups -OCH3 is 1. The van der Waals surface area contributed by atoms with Crippen molar-refractivity contribution in [3.8, 4) is 0 Å². The van der Waals surface area contributed by atoms with Crippen molar-refractivity contribution in [2.24, 2.45) is 5.73 Å². The summed E-state index contributed by atoms with van der Waals surface area (Å²) in [6, 6.07) is 1.70. The van der Waals surface area contributed by atoms with Gasteiger partial charge >= 0.3 is 0 Å². The van der Waals surface area contributed by atoms with Gasteiger partial charge in [-0.2, -0.15) is 0 Å².